The molecule has 1 atom stereocenters. The predicted octanol–water partition coefficient (Wildman–Crippen LogP) is 0.751. The normalized spacial score (nSPS) is 19.0. The summed E-state index contributed by atoms with van der Waals surface area (Å²) >= 11 is 0. The fourth-order valence-electron chi connectivity index (χ4n) is 2.57. The van der Waals surface area contributed by atoms with E-state index in [1.807, 2.05) is 0 Å². The zero-order valence-corrected chi connectivity index (χ0v) is 13.0. The van der Waals surface area contributed by atoms with E-state index in [1.54, 1.807) is 25.0 Å². The lowest BCUT2D eigenvalue weighted by atomic mass is 10.1. The van der Waals surface area contributed by atoms with Gasteiger partial charge in [-0.3, -0.25) is 4.79 Å². The molecule has 1 heterocycles. The summed E-state index contributed by atoms with van der Waals surface area (Å²) in [6.07, 6.45) is 0.896. The fraction of sp³-hybridized carbons (Fsp3) is 0.500. The number of hydrogen-bond acceptors (Lipinski definition) is 4. The van der Waals surface area contributed by atoms with E-state index >= 15 is 0 Å². The molecule has 116 valence electrons. The summed E-state index contributed by atoms with van der Waals surface area (Å²) in [6.45, 7) is 3.69. The first kappa shape index (κ1) is 15.9. The molecule has 0 bridgehead atoms. The van der Waals surface area contributed by atoms with Crippen LogP contribution in [0.15, 0.2) is 23.1 Å². The Hall–Kier alpha value is -1.44. The van der Waals surface area contributed by atoms with Gasteiger partial charge in [0.05, 0.1) is 11.5 Å². The van der Waals surface area contributed by atoms with E-state index in [0.717, 1.165) is 12.0 Å². The minimum atomic E-state index is -3.81. The molecule has 1 aliphatic rings. The first-order valence-corrected chi connectivity index (χ1v) is 8.29. The summed E-state index contributed by atoms with van der Waals surface area (Å²) in [6, 6.07) is 4.38. The lowest BCUT2D eigenvalue weighted by Gasteiger charge is -2.18. The Morgan fingerprint density at radius 2 is 2.19 bits per heavy atom. The molecule has 1 saturated heterocycles. The van der Waals surface area contributed by atoms with E-state index in [4.69, 9.17) is 9.88 Å². The van der Waals surface area contributed by atoms with Crippen LogP contribution in [0.2, 0.25) is 0 Å². The van der Waals surface area contributed by atoms with E-state index in [1.165, 1.54) is 12.1 Å². The van der Waals surface area contributed by atoms with Crippen molar-refractivity contribution in [2.75, 3.05) is 26.8 Å². The van der Waals surface area contributed by atoms with Crippen molar-refractivity contribution < 1.29 is 17.9 Å². The molecule has 6 nitrogen and oxygen atoms in total. The Morgan fingerprint density at radius 1 is 1.48 bits per heavy atom. The third-order valence-electron chi connectivity index (χ3n) is 3.74. The number of nitrogens with two attached hydrogens (primary N) is 1. The lowest BCUT2D eigenvalue weighted by molar-refractivity contribution is 0.0774. The number of aryl methyl sites for hydroxylation is 1. The molecule has 1 amide bonds. The van der Waals surface area contributed by atoms with Crippen LogP contribution in [0.25, 0.3) is 0 Å². The molecular formula is C14H20N2O4S. The highest BCUT2D eigenvalue weighted by molar-refractivity contribution is 7.89. The van der Waals surface area contributed by atoms with Crippen molar-refractivity contribution in [3.8, 4) is 0 Å². The summed E-state index contributed by atoms with van der Waals surface area (Å²) in [7, 11) is -2.17. The number of amides is 1. The minimum Gasteiger partial charge on any atom is -0.384 e. The van der Waals surface area contributed by atoms with Gasteiger partial charge in [-0.15, -0.1) is 0 Å². The molecule has 2 N–H and O–H groups in total. The molecule has 2 rings (SSSR count). The molecule has 21 heavy (non-hydrogen) atoms. The zero-order chi connectivity index (χ0) is 15.6. The van der Waals surface area contributed by atoms with E-state index in [2.05, 4.69) is 0 Å². The summed E-state index contributed by atoms with van der Waals surface area (Å²) < 4.78 is 27.9. The molecular weight excluding hydrogens is 292 g/mol. The largest absolute Gasteiger partial charge is 0.384 e. The number of nitrogens with zero attached hydrogens (tertiary/aromatic N) is 1. The number of carbonyl (C=O) groups excluding carboxylic acids is 1. The van der Waals surface area contributed by atoms with Gasteiger partial charge in [-0.1, -0.05) is 6.07 Å². The SMILES string of the molecule is COCC1CCN(C(=O)c2cc(S(N)(=O)=O)ccc2C)C1. The Morgan fingerprint density at radius 3 is 2.81 bits per heavy atom. The molecule has 1 aromatic rings. The van der Waals surface area contributed by atoms with Gasteiger partial charge in [-0.2, -0.15) is 0 Å². The third kappa shape index (κ3) is 3.61. The van der Waals surface area contributed by atoms with Gasteiger partial charge in [0, 0.05) is 31.7 Å². The van der Waals surface area contributed by atoms with Crippen LogP contribution in [-0.4, -0.2) is 46.0 Å². The number of hydrogen-bond donors (Lipinski definition) is 1. The minimum absolute atomic E-state index is 0.0379. The van der Waals surface area contributed by atoms with Crippen LogP contribution in [0.4, 0.5) is 0 Å². The average molecular weight is 312 g/mol. The van der Waals surface area contributed by atoms with Gasteiger partial charge in [0.2, 0.25) is 10.0 Å². The molecule has 1 fully saturated rings. The van der Waals surface area contributed by atoms with Gasteiger partial charge in [-0.25, -0.2) is 13.6 Å². The smallest absolute Gasteiger partial charge is 0.254 e. The first-order valence-electron chi connectivity index (χ1n) is 6.74. The number of benzene rings is 1. The van der Waals surface area contributed by atoms with Crippen molar-refractivity contribution in [3.63, 3.8) is 0 Å². The molecule has 0 aliphatic carbocycles. The highest BCUT2D eigenvalue weighted by Crippen LogP contribution is 2.22. The summed E-state index contributed by atoms with van der Waals surface area (Å²) in [5.74, 6) is 0.178. The second kappa shape index (κ2) is 6.13. The molecule has 0 radical (unpaired) electrons. The van der Waals surface area contributed by atoms with Crippen molar-refractivity contribution in [1.29, 1.82) is 0 Å². The highest BCUT2D eigenvalue weighted by atomic mass is 32.2. The molecule has 0 aromatic heterocycles. The Balaban J connectivity index is 2.24. The van der Waals surface area contributed by atoms with Crippen molar-refractivity contribution in [2.45, 2.75) is 18.2 Å². The van der Waals surface area contributed by atoms with Crippen molar-refractivity contribution in [3.05, 3.63) is 29.3 Å². The molecule has 1 aromatic carbocycles. The van der Waals surface area contributed by atoms with E-state index in [9.17, 15) is 13.2 Å². The monoisotopic (exact) mass is 312 g/mol. The number of sulfonamides is 1. The maximum absolute atomic E-state index is 12.5. The van der Waals surface area contributed by atoms with Crippen LogP contribution < -0.4 is 5.14 Å². The standard InChI is InChI=1S/C14H20N2O4S/c1-10-3-4-12(21(15,18)19)7-13(10)14(17)16-6-5-11(8-16)9-20-2/h3-4,7,11H,5-6,8-9H2,1-2H3,(H2,15,18,19). The van der Waals surface area contributed by atoms with Crippen molar-refractivity contribution in [2.24, 2.45) is 11.1 Å². The van der Waals surface area contributed by atoms with Gasteiger partial charge in [0.15, 0.2) is 0 Å². The van der Waals surface area contributed by atoms with E-state index in [0.29, 0.717) is 31.2 Å². The average Bonchev–Trinajstić information content (AvgIpc) is 2.86. The lowest BCUT2D eigenvalue weighted by Crippen LogP contribution is -2.30. The fourth-order valence-corrected chi connectivity index (χ4v) is 3.11. The van der Waals surface area contributed by atoms with Gasteiger partial charge in [0.1, 0.15) is 0 Å². The van der Waals surface area contributed by atoms with Gasteiger partial charge >= 0.3 is 0 Å². The maximum atomic E-state index is 12.5. The molecule has 7 heteroatoms. The number of methoxy groups -OCH3 is 1. The number of likely N-dealkylation sites (tertiary alicyclic amines) is 1. The van der Waals surface area contributed by atoms with E-state index in [-0.39, 0.29) is 10.8 Å². The molecule has 1 aliphatic heterocycles. The van der Waals surface area contributed by atoms with Gasteiger partial charge in [0.25, 0.3) is 5.91 Å². The Labute approximate surface area is 124 Å². The van der Waals surface area contributed by atoms with Crippen LogP contribution in [-0.2, 0) is 14.8 Å². The maximum Gasteiger partial charge on any atom is 0.254 e. The number of primary sulfonamides is 1. The molecule has 1 unspecified atom stereocenters. The van der Waals surface area contributed by atoms with Crippen molar-refractivity contribution in [1.82, 2.24) is 4.90 Å². The number of ether oxygens (including phenoxy) is 1. The highest BCUT2D eigenvalue weighted by Gasteiger charge is 2.28. The summed E-state index contributed by atoms with van der Waals surface area (Å²) in [4.78, 5) is 14.2. The number of rotatable bonds is 4. The van der Waals surface area contributed by atoms with Crippen LogP contribution >= 0.6 is 0 Å². The van der Waals surface area contributed by atoms with Crippen LogP contribution in [0.3, 0.4) is 0 Å². The van der Waals surface area contributed by atoms with Crippen LogP contribution in [0, 0.1) is 12.8 Å². The van der Waals surface area contributed by atoms with Crippen LogP contribution in [0.5, 0.6) is 0 Å². The molecule has 0 spiro atoms. The Bertz CT molecular complexity index is 642. The van der Waals surface area contributed by atoms with Gasteiger partial charge in [-0.05, 0) is 31.0 Å². The van der Waals surface area contributed by atoms with E-state index < -0.39 is 10.0 Å². The topological polar surface area (TPSA) is 89.7 Å². The first-order chi connectivity index (χ1) is 9.82. The quantitative estimate of drug-likeness (QED) is 0.888. The Kier molecular flexibility index (Phi) is 4.65. The second-order valence-corrected chi connectivity index (χ2v) is 6.94. The molecule has 0 saturated carbocycles. The van der Waals surface area contributed by atoms with Crippen LogP contribution in [0.1, 0.15) is 22.3 Å². The predicted molar refractivity (Wildman–Crippen MR) is 78.4 cm³/mol. The third-order valence-corrected chi connectivity index (χ3v) is 4.65. The van der Waals surface area contributed by atoms with Crippen molar-refractivity contribution >= 4 is 15.9 Å². The second-order valence-electron chi connectivity index (χ2n) is 5.38. The zero-order valence-electron chi connectivity index (χ0n) is 12.2. The number of carbonyl (C=O) groups is 1. The van der Waals surface area contributed by atoms with Gasteiger partial charge < -0.3 is 9.64 Å². The summed E-state index contributed by atoms with van der Waals surface area (Å²) in [5.41, 5.74) is 1.13. The summed E-state index contributed by atoms with van der Waals surface area (Å²) in [5, 5.41) is 5.12.